The van der Waals surface area contributed by atoms with Gasteiger partial charge in [0.25, 0.3) is 0 Å². The van der Waals surface area contributed by atoms with Gasteiger partial charge in [-0.2, -0.15) is 0 Å². The predicted octanol–water partition coefficient (Wildman–Crippen LogP) is 3.48. The van der Waals surface area contributed by atoms with E-state index >= 15 is 0 Å². The lowest BCUT2D eigenvalue weighted by atomic mass is 10.1. The molecule has 29 heavy (non-hydrogen) atoms. The number of halogens is 1. The summed E-state index contributed by atoms with van der Waals surface area (Å²) in [5.74, 6) is 3.04. The van der Waals surface area contributed by atoms with E-state index in [4.69, 9.17) is 15.9 Å². The molecule has 0 spiro atoms. The summed E-state index contributed by atoms with van der Waals surface area (Å²) in [7, 11) is 1.52. The molecule has 0 atom stereocenters. The Labute approximate surface area is 167 Å². The van der Waals surface area contributed by atoms with E-state index in [9.17, 15) is 9.18 Å². The topological polar surface area (TPSA) is 73.3 Å². The summed E-state index contributed by atoms with van der Waals surface area (Å²) in [6.07, 6.45) is 8.32. The van der Waals surface area contributed by atoms with Crippen LogP contribution in [0.4, 0.5) is 10.2 Å². The molecule has 146 valence electrons. The normalized spacial score (nSPS) is 10.1. The van der Waals surface area contributed by atoms with Gasteiger partial charge in [0.1, 0.15) is 18.1 Å². The highest BCUT2D eigenvalue weighted by Gasteiger charge is 2.14. The van der Waals surface area contributed by atoms with Gasteiger partial charge in [-0.15, -0.1) is 6.42 Å². The molecule has 0 fully saturated rings. The number of hydrogen-bond acceptors (Lipinski definition) is 5. The summed E-state index contributed by atoms with van der Waals surface area (Å²) in [5.41, 5.74) is 1.84. The van der Waals surface area contributed by atoms with Crippen LogP contribution in [0.2, 0.25) is 0 Å². The van der Waals surface area contributed by atoms with Gasteiger partial charge in [-0.3, -0.25) is 9.78 Å². The Morgan fingerprint density at radius 1 is 1.14 bits per heavy atom. The Morgan fingerprint density at radius 2 is 1.90 bits per heavy atom. The van der Waals surface area contributed by atoms with E-state index in [0.29, 0.717) is 34.1 Å². The Bertz CT molecular complexity index is 1050. The van der Waals surface area contributed by atoms with Crippen molar-refractivity contribution in [3.05, 3.63) is 66.2 Å². The molecule has 0 bridgehead atoms. The van der Waals surface area contributed by atoms with Crippen molar-refractivity contribution in [1.82, 2.24) is 9.97 Å². The monoisotopic (exact) mass is 391 g/mol. The first-order valence-electron chi connectivity index (χ1n) is 8.70. The number of rotatable bonds is 7. The molecule has 3 rings (SSSR count). The predicted molar refractivity (Wildman–Crippen MR) is 107 cm³/mol. The number of hydrogen-bond donors (Lipinski definition) is 1. The molecule has 0 saturated heterocycles. The zero-order valence-corrected chi connectivity index (χ0v) is 15.7. The minimum atomic E-state index is -0.353. The third-order valence-corrected chi connectivity index (χ3v) is 3.98. The van der Waals surface area contributed by atoms with E-state index in [-0.39, 0.29) is 24.8 Å². The smallest absolute Gasteiger partial charge is 0.230 e. The fraction of sp³-hybridized carbons (Fsp3) is 0.136. The SMILES string of the molecule is C#CCOc1ccc(-c2nccnc2NC(=O)Cc2ccc(F)cc2)cc1OC. The highest BCUT2D eigenvalue weighted by Crippen LogP contribution is 2.33. The maximum Gasteiger partial charge on any atom is 0.230 e. The van der Waals surface area contributed by atoms with Crippen molar-refractivity contribution < 1.29 is 18.7 Å². The first-order valence-corrected chi connectivity index (χ1v) is 8.70. The summed E-state index contributed by atoms with van der Waals surface area (Å²) >= 11 is 0. The summed E-state index contributed by atoms with van der Waals surface area (Å²) in [5, 5.41) is 2.75. The van der Waals surface area contributed by atoms with E-state index in [1.54, 1.807) is 30.3 Å². The number of nitrogens with one attached hydrogen (secondary N) is 1. The molecule has 0 saturated carbocycles. The number of amides is 1. The van der Waals surface area contributed by atoms with E-state index in [2.05, 4.69) is 21.2 Å². The zero-order chi connectivity index (χ0) is 20.6. The van der Waals surface area contributed by atoms with Crippen LogP contribution in [0, 0.1) is 18.2 Å². The van der Waals surface area contributed by atoms with Crippen molar-refractivity contribution in [1.29, 1.82) is 0 Å². The molecule has 3 aromatic rings. The van der Waals surface area contributed by atoms with Gasteiger partial charge in [0.05, 0.1) is 13.5 Å². The number of methoxy groups -OCH3 is 1. The van der Waals surface area contributed by atoms with Crippen LogP contribution >= 0.6 is 0 Å². The minimum absolute atomic E-state index is 0.0818. The number of terminal acetylenes is 1. The largest absolute Gasteiger partial charge is 0.493 e. The lowest BCUT2D eigenvalue weighted by Gasteiger charge is -2.12. The Morgan fingerprint density at radius 3 is 2.62 bits per heavy atom. The van der Waals surface area contributed by atoms with Gasteiger partial charge in [0.2, 0.25) is 5.91 Å². The second kappa shape index (κ2) is 9.33. The number of anilines is 1. The van der Waals surface area contributed by atoms with Crippen molar-refractivity contribution in [2.24, 2.45) is 0 Å². The molecule has 1 amide bonds. The van der Waals surface area contributed by atoms with E-state index in [0.717, 1.165) is 0 Å². The van der Waals surface area contributed by atoms with Crippen LogP contribution in [0.1, 0.15) is 5.56 Å². The van der Waals surface area contributed by atoms with E-state index in [1.807, 2.05) is 0 Å². The Hall–Kier alpha value is -3.92. The fourth-order valence-corrected chi connectivity index (χ4v) is 2.66. The van der Waals surface area contributed by atoms with Crippen LogP contribution < -0.4 is 14.8 Å². The highest BCUT2D eigenvalue weighted by atomic mass is 19.1. The molecule has 1 N–H and O–H groups in total. The molecule has 6 nitrogen and oxygen atoms in total. The van der Waals surface area contributed by atoms with Crippen molar-refractivity contribution in [3.8, 4) is 35.1 Å². The van der Waals surface area contributed by atoms with Crippen LogP contribution in [0.15, 0.2) is 54.9 Å². The quantitative estimate of drug-likeness (QED) is 0.624. The third kappa shape index (κ3) is 5.08. The third-order valence-electron chi connectivity index (χ3n) is 3.98. The second-order valence-electron chi connectivity index (χ2n) is 5.96. The molecular weight excluding hydrogens is 373 g/mol. The van der Waals surface area contributed by atoms with Gasteiger partial charge >= 0.3 is 0 Å². The van der Waals surface area contributed by atoms with Gasteiger partial charge in [-0.1, -0.05) is 18.1 Å². The van der Waals surface area contributed by atoms with Crippen LogP contribution in [0.3, 0.4) is 0 Å². The van der Waals surface area contributed by atoms with Crippen LogP contribution in [0.5, 0.6) is 11.5 Å². The average Bonchev–Trinajstić information content (AvgIpc) is 2.74. The van der Waals surface area contributed by atoms with Crippen molar-refractivity contribution in [2.75, 3.05) is 19.0 Å². The van der Waals surface area contributed by atoms with Crippen molar-refractivity contribution >= 4 is 11.7 Å². The molecule has 1 aromatic heterocycles. The number of carbonyl (C=O) groups is 1. The molecule has 0 radical (unpaired) electrons. The second-order valence-corrected chi connectivity index (χ2v) is 5.96. The molecular formula is C22H18FN3O3. The summed E-state index contributed by atoms with van der Waals surface area (Å²) in [6.45, 7) is 0.117. The van der Waals surface area contributed by atoms with Gasteiger partial charge in [-0.25, -0.2) is 9.37 Å². The maximum absolute atomic E-state index is 13.0. The van der Waals surface area contributed by atoms with Gasteiger partial charge in [0, 0.05) is 18.0 Å². The summed E-state index contributed by atoms with van der Waals surface area (Å²) in [6, 6.07) is 11.0. The molecule has 1 heterocycles. The van der Waals surface area contributed by atoms with E-state index in [1.165, 1.54) is 31.6 Å². The van der Waals surface area contributed by atoms with Gasteiger partial charge in [0.15, 0.2) is 17.3 Å². The number of aromatic nitrogens is 2. The van der Waals surface area contributed by atoms with Gasteiger partial charge in [-0.05, 0) is 35.9 Å². The number of benzene rings is 2. The highest BCUT2D eigenvalue weighted by molar-refractivity contribution is 5.94. The minimum Gasteiger partial charge on any atom is -0.493 e. The van der Waals surface area contributed by atoms with Crippen molar-refractivity contribution in [2.45, 2.75) is 6.42 Å². The van der Waals surface area contributed by atoms with Crippen LogP contribution in [-0.4, -0.2) is 29.6 Å². The number of ether oxygens (including phenoxy) is 2. The molecule has 7 heteroatoms. The maximum atomic E-state index is 13.0. The number of carbonyl (C=O) groups excluding carboxylic acids is 1. The van der Waals surface area contributed by atoms with Crippen molar-refractivity contribution in [3.63, 3.8) is 0 Å². The summed E-state index contributed by atoms with van der Waals surface area (Å²) in [4.78, 5) is 21.0. The molecule has 0 aliphatic rings. The van der Waals surface area contributed by atoms with Crippen LogP contribution in [0.25, 0.3) is 11.3 Å². The lowest BCUT2D eigenvalue weighted by molar-refractivity contribution is -0.115. The Balaban J connectivity index is 1.82. The number of nitrogens with zero attached hydrogens (tertiary/aromatic N) is 2. The van der Waals surface area contributed by atoms with Crippen LogP contribution in [-0.2, 0) is 11.2 Å². The fourth-order valence-electron chi connectivity index (χ4n) is 2.66. The molecule has 2 aromatic carbocycles. The van der Waals surface area contributed by atoms with Gasteiger partial charge < -0.3 is 14.8 Å². The zero-order valence-electron chi connectivity index (χ0n) is 15.7. The molecule has 0 unspecified atom stereocenters. The molecule has 0 aliphatic carbocycles. The standard InChI is InChI=1S/C22H18FN3O3/c1-3-12-29-18-9-6-16(14-19(18)28-2)21-22(25-11-10-24-21)26-20(27)13-15-4-7-17(23)8-5-15/h1,4-11,14H,12-13H2,2H3,(H,25,26,27). The first-order chi connectivity index (χ1) is 14.1. The average molecular weight is 391 g/mol. The Kier molecular flexibility index (Phi) is 6.38. The first kappa shape index (κ1) is 19.8. The summed E-state index contributed by atoms with van der Waals surface area (Å²) < 4.78 is 23.8. The lowest BCUT2D eigenvalue weighted by Crippen LogP contribution is -2.16. The van der Waals surface area contributed by atoms with E-state index < -0.39 is 0 Å². The molecule has 0 aliphatic heterocycles.